The topological polar surface area (TPSA) is 54.0 Å². The summed E-state index contributed by atoms with van der Waals surface area (Å²) in [6.07, 6.45) is 1.99. The zero-order valence-electron chi connectivity index (χ0n) is 9.79. The van der Waals surface area contributed by atoms with Crippen molar-refractivity contribution in [2.45, 2.75) is 19.8 Å². The van der Waals surface area contributed by atoms with Crippen molar-refractivity contribution in [3.63, 3.8) is 0 Å². The number of aryl methyl sites for hydroxylation is 1. The molecule has 5 heteroatoms. The molecule has 0 radical (unpaired) electrons. The van der Waals surface area contributed by atoms with E-state index in [-0.39, 0.29) is 11.8 Å². The van der Waals surface area contributed by atoms with E-state index in [0.717, 1.165) is 37.3 Å². The van der Waals surface area contributed by atoms with E-state index >= 15 is 0 Å². The fraction of sp³-hybridized carbons (Fsp3) is 0.500. The summed E-state index contributed by atoms with van der Waals surface area (Å²) < 4.78 is 0. The van der Waals surface area contributed by atoms with Crippen molar-refractivity contribution in [3.8, 4) is 0 Å². The number of halogens is 1. The molecule has 0 spiro atoms. The highest BCUT2D eigenvalue weighted by Crippen LogP contribution is 2.18. The quantitative estimate of drug-likeness (QED) is 0.793. The summed E-state index contributed by atoms with van der Waals surface area (Å²) in [5.41, 5.74) is 1.49. The van der Waals surface area contributed by atoms with Gasteiger partial charge in [0.2, 0.25) is 5.91 Å². The molecule has 2 N–H and O–H groups in total. The Balaban J connectivity index is 2.02. The number of pyridine rings is 1. The number of nitrogens with one attached hydrogen (secondary N) is 2. The predicted molar refractivity (Wildman–Crippen MR) is 68.2 cm³/mol. The molecule has 1 aliphatic heterocycles. The van der Waals surface area contributed by atoms with E-state index in [0.29, 0.717) is 5.15 Å². The Labute approximate surface area is 106 Å². The van der Waals surface area contributed by atoms with E-state index in [1.807, 2.05) is 6.92 Å². The lowest BCUT2D eigenvalue weighted by atomic mass is 9.99. The van der Waals surface area contributed by atoms with Crippen LogP contribution in [-0.2, 0) is 4.79 Å². The first-order valence-electron chi connectivity index (χ1n) is 5.81. The van der Waals surface area contributed by atoms with Crippen LogP contribution >= 0.6 is 11.6 Å². The first-order chi connectivity index (χ1) is 8.16. The van der Waals surface area contributed by atoms with Crippen LogP contribution in [0.5, 0.6) is 0 Å². The van der Waals surface area contributed by atoms with Gasteiger partial charge in [0, 0.05) is 6.54 Å². The molecule has 1 fully saturated rings. The molecule has 1 aromatic heterocycles. The number of aromatic nitrogens is 1. The molecule has 1 amide bonds. The fourth-order valence-corrected chi connectivity index (χ4v) is 2.16. The summed E-state index contributed by atoms with van der Waals surface area (Å²) in [4.78, 5) is 16.1. The standard InChI is InChI=1S/C12H16ClN3O/c1-8-10(4-5-11(13)15-8)16-12(17)9-3-2-6-14-7-9/h4-5,9,14H,2-3,6-7H2,1H3,(H,16,17). The lowest BCUT2D eigenvalue weighted by Crippen LogP contribution is -2.37. The highest BCUT2D eigenvalue weighted by atomic mass is 35.5. The molecule has 2 heterocycles. The second-order valence-electron chi connectivity index (χ2n) is 4.30. The molecular weight excluding hydrogens is 238 g/mol. The third-order valence-corrected chi connectivity index (χ3v) is 3.19. The number of hydrogen-bond acceptors (Lipinski definition) is 3. The van der Waals surface area contributed by atoms with Gasteiger partial charge >= 0.3 is 0 Å². The van der Waals surface area contributed by atoms with Gasteiger partial charge in [0.25, 0.3) is 0 Å². The molecule has 0 aromatic carbocycles. The minimum atomic E-state index is 0.0545. The molecule has 92 valence electrons. The first-order valence-corrected chi connectivity index (χ1v) is 6.19. The van der Waals surface area contributed by atoms with Crippen LogP contribution in [0.15, 0.2) is 12.1 Å². The third-order valence-electron chi connectivity index (χ3n) is 2.98. The number of amides is 1. The van der Waals surface area contributed by atoms with Gasteiger partial charge in [0.1, 0.15) is 5.15 Å². The number of anilines is 1. The lowest BCUT2D eigenvalue weighted by molar-refractivity contribution is -0.120. The van der Waals surface area contributed by atoms with E-state index in [1.54, 1.807) is 12.1 Å². The molecule has 4 nitrogen and oxygen atoms in total. The molecule has 0 saturated carbocycles. The van der Waals surface area contributed by atoms with Gasteiger partial charge in [-0.05, 0) is 38.4 Å². The molecule has 0 bridgehead atoms. The minimum Gasteiger partial charge on any atom is -0.324 e. The normalized spacial score (nSPS) is 20.0. The second-order valence-corrected chi connectivity index (χ2v) is 4.69. The maximum atomic E-state index is 12.0. The number of carbonyl (C=O) groups excluding carboxylic acids is 1. The SMILES string of the molecule is Cc1nc(Cl)ccc1NC(=O)C1CCCNC1. The Morgan fingerprint density at radius 2 is 2.41 bits per heavy atom. The lowest BCUT2D eigenvalue weighted by Gasteiger charge is -2.22. The smallest absolute Gasteiger partial charge is 0.228 e. The van der Waals surface area contributed by atoms with Crippen molar-refractivity contribution in [1.29, 1.82) is 0 Å². The van der Waals surface area contributed by atoms with Gasteiger partial charge in [-0.3, -0.25) is 4.79 Å². The van der Waals surface area contributed by atoms with Gasteiger partial charge in [-0.25, -0.2) is 4.98 Å². The van der Waals surface area contributed by atoms with Crippen LogP contribution in [0.2, 0.25) is 5.15 Å². The Morgan fingerprint density at radius 3 is 3.06 bits per heavy atom. The number of piperidine rings is 1. The second kappa shape index (κ2) is 5.47. The van der Waals surface area contributed by atoms with E-state index in [9.17, 15) is 4.79 Å². The van der Waals surface area contributed by atoms with Crippen LogP contribution in [0.25, 0.3) is 0 Å². The van der Waals surface area contributed by atoms with Crippen LogP contribution in [0.4, 0.5) is 5.69 Å². The van der Waals surface area contributed by atoms with E-state index in [2.05, 4.69) is 15.6 Å². The van der Waals surface area contributed by atoms with Gasteiger partial charge in [0.15, 0.2) is 0 Å². The Morgan fingerprint density at radius 1 is 1.59 bits per heavy atom. The van der Waals surface area contributed by atoms with Crippen molar-refractivity contribution in [1.82, 2.24) is 10.3 Å². The van der Waals surface area contributed by atoms with Crippen LogP contribution in [-0.4, -0.2) is 24.0 Å². The number of hydrogen-bond donors (Lipinski definition) is 2. The number of rotatable bonds is 2. The molecule has 2 rings (SSSR count). The summed E-state index contributed by atoms with van der Waals surface area (Å²) in [6, 6.07) is 3.47. The van der Waals surface area contributed by atoms with Gasteiger partial charge in [-0.2, -0.15) is 0 Å². The molecule has 17 heavy (non-hydrogen) atoms. The largest absolute Gasteiger partial charge is 0.324 e. The first kappa shape index (κ1) is 12.3. The highest BCUT2D eigenvalue weighted by Gasteiger charge is 2.21. The molecule has 1 saturated heterocycles. The molecular formula is C12H16ClN3O. The molecule has 1 atom stereocenters. The van der Waals surface area contributed by atoms with E-state index in [1.165, 1.54) is 0 Å². The van der Waals surface area contributed by atoms with Crippen molar-refractivity contribution < 1.29 is 4.79 Å². The summed E-state index contributed by atoms with van der Waals surface area (Å²) in [6.45, 7) is 3.60. The maximum absolute atomic E-state index is 12.0. The average molecular weight is 254 g/mol. The number of nitrogens with zero attached hydrogens (tertiary/aromatic N) is 1. The third kappa shape index (κ3) is 3.17. The van der Waals surface area contributed by atoms with Crippen LogP contribution < -0.4 is 10.6 Å². The van der Waals surface area contributed by atoms with Gasteiger partial charge in [-0.1, -0.05) is 11.6 Å². The van der Waals surface area contributed by atoms with Crippen molar-refractivity contribution >= 4 is 23.2 Å². The molecule has 1 aliphatic rings. The van der Waals surface area contributed by atoms with Crippen LogP contribution in [0.1, 0.15) is 18.5 Å². The fourth-order valence-electron chi connectivity index (χ4n) is 1.97. The van der Waals surface area contributed by atoms with Gasteiger partial charge in [-0.15, -0.1) is 0 Å². The Kier molecular flexibility index (Phi) is 3.97. The summed E-state index contributed by atoms with van der Waals surface area (Å²) in [7, 11) is 0. The van der Waals surface area contributed by atoms with Crippen LogP contribution in [0.3, 0.4) is 0 Å². The maximum Gasteiger partial charge on any atom is 0.228 e. The average Bonchev–Trinajstić information content (AvgIpc) is 2.34. The zero-order valence-corrected chi connectivity index (χ0v) is 10.5. The molecule has 1 aromatic rings. The zero-order chi connectivity index (χ0) is 12.3. The number of carbonyl (C=O) groups is 1. The summed E-state index contributed by atoms with van der Waals surface area (Å²) in [5, 5.41) is 6.58. The van der Waals surface area contributed by atoms with Crippen molar-refractivity contribution in [2.75, 3.05) is 18.4 Å². The van der Waals surface area contributed by atoms with Crippen molar-refractivity contribution in [2.24, 2.45) is 5.92 Å². The Bertz CT molecular complexity index is 416. The van der Waals surface area contributed by atoms with E-state index < -0.39 is 0 Å². The van der Waals surface area contributed by atoms with Crippen LogP contribution in [0, 0.1) is 12.8 Å². The summed E-state index contributed by atoms with van der Waals surface area (Å²) >= 11 is 5.77. The predicted octanol–water partition coefficient (Wildman–Crippen LogP) is 1.98. The van der Waals surface area contributed by atoms with Gasteiger partial charge in [0.05, 0.1) is 17.3 Å². The molecule has 1 unspecified atom stereocenters. The monoisotopic (exact) mass is 253 g/mol. The Hall–Kier alpha value is -1.13. The summed E-state index contributed by atoms with van der Waals surface area (Å²) in [5.74, 6) is 0.114. The highest BCUT2D eigenvalue weighted by molar-refractivity contribution is 6.29. The van der Waals surface area contributed by atoms with Crippen molar-refractivity contribution in [3.05, 3.63) is 23.0 Å². The molecule has 0 aliphatic carbocycles. The van der Waals surface area contributed by atoms with E-state index in [4.69, 9.17) is 11.6 Å². The minimum absolute atomic E-state index is 0.0545. The van der Waals surface area contributed by atoms with Gasteiger partial charge < -0.3 is 10.6 Å².